The van der Waals surface area contributed by atoms with Crippen LogP contribution in [0.15, 0.2) is 42.7 Å². The van der Waals surface area contributed by atoms with E-state index in [4.69, 9.17) is 5.73 Å². The lowest BCUT2D eigenvalue weighted by Crippen LogP contribution is -2.20. The van der Waals surface area contributed by atoms with E-state index in [1.165, 1.54) is 11.1 Å². The zero-order valence-corrected chi connectivity index (χ0v) is 11.4. The molecule has 0 aliphatic rings. The number of hydrogen-bond donors (Lipinski definition) is 2. The van der Waals surface area contributed by atoms with Gasteiger partial charge in [-0.25, -0.2) is 0 Å². The van der Waals surface area contributed by atoms with Gasteiger partial charge in [0.2, 0.25) is 0 Å². The first-order chi connectivity index (χ1) is 9.13. The Kier molecular flexibility index (Phi) is 4.30. The van der Waals surface area contributed by atoms with Gasteiger partial charge < -0.3 is 10.8 Å². The number of aromatic nitrogens is 1. The molecule has 0 radical (unpaired) electrons. The molecule has 0 fully saturated rings. The largest absolute Gasteiger partial charge is 0.388 e. The molecule has 2 aromatic rings. The van der Waals surface area contributed by atoms with Gasteiger partial charge in [0, 0.05) is 24.9 Å². The maximum Gasteiger partial charge on any atom is 0.0885 e. The van der Waals surface area contributed by atoms with E-state index in [1.54, 1.807) is 12.4 Å². The van der Waals surface area contributed by atoms with E-state index in [2.05, 4.69) is 31.0 Å². The molecule has 3 heteroatoms. The van der Waals surface area contributed by atoms with Gasteiger partial charge in [0.05, 0.1) is 6.10 Å². The zero-order chi connectivity index (χ0) is 13.8. The van der Waals surface area contributed by atoms with Gasteiger partial charge in [0.15, 0.2) is 0 Å². The van der Waals surface area contributed by atoms with E-state index < -0.39 is 6.10 Å². The summed E-state index contributed by atoms with van der Waals surface area (Å²) in [6, 6.07) is 9.92. The number of aryl methyl sites for hydroxylation is 2. The van der Waals surface area contributed by atoms with E-state index in [-0.39, 0.29) is 5.92 Å². The minimum absolute atomic E-state index is 0.108. The molecule has 1 aromatic heterocycles. The first-order valence-corrected chi connectivity index (χ1v) is 6.48. The third-order valence-corrected chi connectivity index (χ3v) is 3.62. The number of nitrogens with two attached hydrogens (primary N) is 1. The molecular formula is C16H20N2O. The Morgan fingerprint density at radius 1 is 1.16 bits per heavy atom. The normalized spacial score (nSPS) is 14.1. The van der Waals surface area contributed by atoms with Crippen LogP contribution in [0.25, 0.3) is 0 Å². The lowest BCUT2D eigenvalue weighted by atomic mass is 9.88. The Labute approximate surface area is 114 Å². The molecule has 19 heavy (non-hydrogen) atoms. The molecule has 1 heterocycles. The highest BCUT2D eigenvalue weighted by Gasteiger charge is 2.21. The van der Waals surface area contributed by atoms with Crippen LogP contribution >= 0.6 is 0 Å². The second kappa shape index (κ2) is 5.95. The van der Waals surface area contributed by atoms with Crippen LogP contribution in [-0.2, 0) is 0 Å². The number of pyridine rings is 1. The lowest BCUT2D eigenvalue weighted by Gasteiger charge is -2.22. The molecule has 2 atom stereocenters. The molecule has 0 aliphatic heterocycles. The first-order valence-electron chi connectivity index (χ1n) is 6.48. The lowest BCUT2D eigenvalue weighted by molar-refractivity contribution is 0.147. The van der Waals surface area contributed by atoms with Gasteiger partial charge in [0.1, 0.15) is 0 Å². The van der Waals surface area contributed by atoms with Crippen molar-refractivity contribution in [2.75, 3.05) is 6.54 Å². The third-order valence-electron chi connectivity index (χ3n) is 3.62. The molecule has 0 saturated heterocycles. The van der Waals surface area contributed by atoms with Crippen molar-refractivity contribution < 1.29 is 5.11 Å². The van der Waals surface area contributed by atoms with E-state index in [1.807, 2.05) is 18.2 Å². The van der Waals surface area contributed by atoms with Crippen LogP contribution < -0.4 is 5.73 Å². The molecule has 2 unspecified atom stereocenters. The van der Waals surface area contributed by atoms with E-state index >= 15 is 0 Å². The predicted octanol–water partition coefficient (Wildman–Crippen LogP) is 2.47. The van der Waals surface area contributed by atoms with Crippen LogP contribution in [0.3, 0.4) is 0 Å². The van der Waals surface area contributed by atoms with Crippen molar-refractivity contribution in [1.82, 2.24) is 4.98 Å². The Morgan fingerprint density at radius 2 is 1.95 bits per heavy atom. The fourth-order valence-corrected chi connectivity index (χ4v) is 2.23. The Morgan fingerprint density at radius 3 is 2.53 bits per heavy atom. The smallest absolute Gasteiger partial charge is 0.0885 e. The monoisotopic (exact) mass is 256 g/mol. The summed E-state index contributed by atoms with van der Waals surface area (Å²) in [5.74, 6) is -0.108. The van der Waals surface area contributed by atoms with Gasteiger partial charge in [0.25, 0.3) is 0 Å². The summed E-state index contributed by atoms with van der Waals surface area (Å²) in [6.45, 7) is 4.55. The molecule has 0 saturated carbocycles. The van der Waals surface area contributed by atoms with Crippen molar-refractivity contribution >= 4 is 0 Å². The minimum atomic E-state index is -0.624. The second-order valence-corrected chi connectivity index (χ2v) is 4.92. The topological polar surface area (TPSA) is 59.1 Å². The number of hydrogen-bond acceptors (Lipinski definition) is 3. The van der Waals surface area contributed by atoms with Crippen LogP contribution in [0.2, 0.25) is 0 Å². The molecule has 100 valence electrons. The van der Waals surface area contributed by atoms with Gasteiger partial charge in [-0.3, -0.25) is 4.98 Å². The highest BCUT2D eigenvalue weighted by molar-refractivity contribution is 5.34. The van der Waals surface area contributed by atoms with Crippen molar-refractivity contribution in [2.24, 2.45) is 5.73 Å². The summed E-state index contributed by atoms with van der Waals surface area (Å²) in [7, 11) is 0. The van der Waals surface area contributed by atoms with E-state index in [9.17, 15) is 5.11 Å². The molecule has 3 N–H and O–H groups in total. The van der Waals surface area contributed by atoms with Crippen molar-refractivity contribution in [3.63, 3.8) is 0 Å². The van der Waals surface area contributed by atoms with Crippen molar-refractivity contribution in [2.45, 2.75) is 25.9 Å². The van der Waals surface area contributed by atoms with E-state index in [0.29, 0.717) is 6.54 Å². The molecule has 0 spiro atoms. The van der Waals surface area contributed by atoms with Gasteiger partial charge in [-0.2, -0.15) is 0 Å². The predicted molar refractivity (Wildman–Crippen MR) is 76.9 cm³/mol. The molecule has 0 aliphatic carbocycles. The Hall–Kier alpha value is -1.71. The average molecular weight is 256 g/mol. The summed E-state index contributed by atoms with van der Waals surface area (Å²) in [5, 5.41) is 10.5. The average Bonchev–Trinajstić information content (AvgIpc) is 2.44. The van der Waals surface area contributed by atoms with Crippen LogP contribution in [0, 0.1) is 13.8 Å². The SMILES string of the molecule is Cc1ccc(C(CN)C(O)c2cccnc2)cc1C. The second-order valence-electron chi connectivity index (χ2n) is 4.92. The molecular weight excluding hydrogens is 236 g/mol. The molecule has 1 aromatic carbocycles. The van der Waals surface area contributed by atoms with Crippen molar-refractivity contribution in [3.8, 4) is 0 Å². The molecule has 3 nitrogen and oxygen atoms in total. The first kappa shape index (κ1) is 13.7. The zero-order valence-electron chi connectivity index (χ0n) is 11.4. The van der Waals surface area contributed by atoms with Crippen LogP contribution in [0.1, 0.15) is 34.3 Å². The summed E-state index contributed by atoms with van der Waals surface area (Å²) in [4.78, 5) is 4.05. The number of rotatable bonds is 4. The molecule has 2 rings (SSSR count). The van der Waals surface area contributed by atoms with Gasteiger partial charge >= 0.3 is 0 Å². The quantitative estimate of drug-likeness (QED) is 0.883. The number of aliphatic hydroxyl groups excluding tert-OH is 1. The molecule has 0 amide bonds. The van der Waals surface area contributed by atoms with Crippen LogP contribution in [0.5, 0.6) is 0 Å². The highest BCUT2D eigenvalue weighted by atomic mass is 16.3. The maximum atomic E-state index is 10.5. The number of benzene rings is 1. The van der Waals surface area contributed by atoms with Gasteiger partial charge in [-0.15, -0.1) is 0 Å². The fourth-order valence-electron chi connectivity index (χ4n) is 2.23. The van der Waals surface area contributed by atoms with Gasteiger partial charge in [-0.1, -0.05) is 24.3 Å². The summed E-state index contributed by atoms with van der Waals surface area (Å²) < 4.78 is 0. The van der Waals surface area contributed by atoms with Crippen molar-refractivity contribution in [1.29, 1.82) is 0 Å². The highest BCUT2D eigenvalue weighted by Crippen LogP contribution is 2.30. The standard InChI is InChI=1S/C16H20N2O/c1-11-5-6-13(8-12(11)2)15(9-17)16(19)14-4-3-7-18-10-14/h3-8,10,15-16,19H,9,17H2,1-2H3. The number of nitrogens with zero attached hydrogens (tertiary/aromatic N) is 1. The summed E-state index contributed by atoms with van der Waals surface area (Å²) >= 11 is 0. The third kappa shape index (κ3) is 3.00. The Bertz CT molecular complexity index is 540. The van der Waals surface area contributed by atoms with Crippen LogP contribution in [0.4, 0.5) is 0 Å². The fraction of sp³-hybridized carbons (Fsp3) is 0.312. The Balaban J connectivity index is 2.31. The van der Waals surface area contributed by atoms with Crippen LogP contribution in [-0.4, -0.2) is 16.6 Å². The summed E-state index contributed by atoms with van der Waals surface area (Å²) in [5.41, 5.74) is 10.2. The minimum Gasteiger partial charge on any atom is -0.388 e. The summed E-state index contributed by atoms with van der Waals surface area (Å²) in [6.07, 6.45) is 2.76. The number of aliphatic hydroxyl groups is 1. The maximum absolute atomic E-state index is 10.5. The van der Waals surface area contributed by atoms with Gasteiger partial charge in [-0.05, 0) is 42.2 Å². The molecule has 0 bridgehead atoms. The van der Waals surface area contributed by atoms with E-state index in [0.717, 1.165) is 11.1 Å². The van der Waals surface area contributed by atoms with Crippen molar-refractivity contribution in [3.05, 3.63) is 65.0 Å².